The number of anilines is 1. The van der Waals surface area contributed by atoms with Crippen molar-refractivity contribution in [2.75, 3.05) is 19.0 Å². The number of rotatable bonds is 5. The molecule has 0 aliphatic rings. The average Bonchev–Trinajstić information content (AvgIpc) is 2.33. The number of hydrogen-bond acceptors (Lipinski definition) is 5. The molecule has 0 spiro atoms. The van der Waals surface area contributed by atoms with Crippen molar-refractivity contribution in [3.05, 3.63) is 17.8 Å². The Morgan fingerprint density at radius 3 is 2.72 bits per heavy atom. The van der Waals surface area contributed by atoms with E-state index in [0.29, 0.717) is 18.2 Å². The highest BCUT2D eigenvalue weighted by Gasteiger charge is 2.11. The Morgan fingerprint density at radius 1 is 1.44 bits per heavy atom. The first-order chi connectivity index (χ1) is 8.56. The van der Waals surface area contributed by atoms with Crippen LogP contribution in [0.3, 0.4) is 0 Å². The summed E-state index contributed by atoms with van der Waals surface area (Å²) in [5.74, 6) is -0.513. The Hall–Kier alpha value is -2.11. The average molecular weight is 252 g/mol. The molecule has 0 radical (unpaired) electrons. The van der Waals surface area contributed by atoms with Crippen LogP contribution in [0.2, 0.25) is 0 Å². The molecular weight excluding hydrogens is 236 g/mol. The second-order valence-corrected chi connectivity index (χ2v) is 3.57. The van der Waals surface area contributed by atoms with Crippen LogP contribution in [0.15, 0.2) is 12.3 Å². The molecule has 6 heteroatoms. The van der Waals surface area contributed by atoms with Crippen molar-refractivity contribution in [2.45, 2.75) is 20.3 Å². The molecule has 0 fully saturated rings. The summed E-state index contributed by atoms with van der Waals surface area (Å²) in [6, 6.07) is 1.72. The van der Waals surface area contributed by atoms with Gasteiger partial charge in [0.15, 0.2) is 0 Å². The predicted octanol–water partition coefficient (Wildman–Crippen LogP) is 1.29. The predicted molar refractivity (Wildman–Crippen MR) is 65.4 cm³/mol. The Morgan fingerprint density at radius 2 is 2.17 bits per heavy atom. The zero-order chi connectivity index (χ0) is 13.5. The first kappa shape index (κ1) is 14.0. The van der Waals surface area contributed by atoms with Gasteiger partial charge in [-0.3, -0.25) is 9.59 Å². The Balaban J connectivity index is 2.67. The number of nitrogens with one attached hydrogen (secondary N) is 1. The second kappa shape index (κ2) is 6.58. The van der Waals surface area contributed by atoms with Crippen LogP contribution >= 0.6 is 0 Å². The van der Waals surface area contributed by atoms with Crippen LogP contribution in [0, 0.1) is 6.92 Å². The molecule has 0 aromatic carbocycles. The largest absolute Gasteiger partial charge is 0.478 e. The molecule has 0 aliphatic heterocycles. The van der Waals surface area contributed by atoms with Gasteiger partial charge in [-0.05, 0) is 19.4 Å². The molecule has 0 saturated carbocycles. The maximum absolute atomic E-state index is 11.5. The van der Waals surface area contributed by atoms with Crippen molar-refractivity contribution in [2.24, 2.45) is 0 Å². The smallest absolute Gasteiger partial charge is 0.315 e. The number of carbonyl (C=O) groups excluding carboxylic acids is 2. The topological polar surface area (TPSA) is 77.5 Å². The van der Waals surface area contributed by atoms with E-state index in [0.717, 1.165) is 5.56 Å². The van der Waals surface area contributed by atoms with Gasteiger partial charge in [0.2, 0.25) is 11.8 Å². The number of amides is 1. The van der Waals surface area contributed by atoms with Crippen molar-refractivity contribution in [1.29, 1.82) is 0 Å². The summed E-state index contributed by atoms with van der Waals surface area (Å²) in [6.07, 6.45) is 1.18. The molecular formula is C12H16N2O4. The normalized spacial score (nSPS) is 9.72. The van der Waals surface area contributed by atoms with E-state index in [1.54, 1.807) is 6.07 Å². The van der Waals surface area contributed by atoms with Gasteiger partial charge in [-0.25, -0.2) is 4.98 Å². The fourth-order valence-corrected chi connectivity index (χ4v) is 1.29. The van der Waals surface area contributed by atoms with E-state index < -0.39 is 11.9 Å². The van der Waals surface area contributed by atoms with Crippen LogP contribution in [-0.2, 0) is 14.3 Å². The van der Waals surface area contributed by atoms with Crippen molar-refractivity contribution in [3.63, 3.8) is 0 Å². The number of hydrogen-bond donors (Lipinski definition) is 1. The third kappa shape index (κ3) is 4.04. The molecule has 0 aliphatic carbocycles. The van der Waals surface area contributed by atoms with Crippen molar-refractivity contribution < 1.29 is 19.1 Å². The summed E-state index contributed by atoms with van der Waals surface area (Å²) in [6.45, 7) is 4.21. The van der Waals surface area contributed by atoms with Gasteiger partial charge < -0.3 is 14.8 Å². The molecule has 1 amide bonds. The zero-order valence-corrected chi connectivity index (χ0v) is 10.6. The first-order valence-corrected chi connectivity index (χ1v) is 5.53. The molecule has 0 saturated heterocycles. The minimum Gasteiger partial charge on any atom is -0.478 e. The summed E-state index contributed by atoms with van der Waals surface area (Å²) >= 11 is 0. The number of nitrogens with zero attached hydrogens (tertiary/aromatic N) is 1. The fraction of sp³-hybridized carbons (Fsp3) is 0.417. The van der Waals surface area contributed by atoms with E-state index in [4.69, 9.17) is 4.74 Å². The highest BCUT2D eigenvalue weighted by Crippen LogP contribution is 2.18. The summed E-state index contributed by atoms with van der Waals surface area (Å²) < 4.78 is 9.64. The summed E-state index contributed by atoms with van der Waals surface area (Å²) in [5, 5.41) is 2.59. The molecule has 0 bridgehead atoms. The number of carbonyl (C=O) groups is 2. The van der Waals surface area contributed by atoms with Crippen LogP contribution in [0.5, 0.6) is 5.88 Å². The van der Waals surface area contributed by atoms with Crippen molar-refractivity contribution >= 4 is 17.6 Å². The van der Waals surface area contributed by atoms with Crippen LogP contribution in [-0.4, -0.2) is 30.6 Å². The zero-order valence-electron chi connectivity index (χ0n) is 10.6. The highest BCUT2D eigenvalue weighted by atomic mass is 16.5. The van der Waals surface area contributed by atoms with E-state index in [2.05, 4.69) is 15.0 Å². The Bertz CT molecular complexity index is 446. The van der Waals surface area contributed by atoms with Crippen molar-refractivity contribution in [1.82, 2.24) is 4.98 Å². The van der Waals surface area contributed by atoms with Crippen molar-refractivity contribution in [3.8, 4) is 5.88 Å². The standard InChI is InChI=1S/C12H16N2O4/c1-4-18-11-5-8(2)9(7-13-11)14-10(15)6-12(16)17-3/h5,7H,4,6H2,1-3H3,(H,14,15). The first-order valence-electron chi connectivity index (χ1n) is 5.53. The number of methoxy groups -OCH3 is 1. The highest BCUT2D eigenvalue weighted by molar-refractivity contribution is 6.02. The second-order valence-electron chi connectivity index (χ2n) is 3.57. The van der Waals surface area contributed by atoms with Gasteiger partial charge in [0.25, 0.3) is 0 Å². The van der Waals surface area contributed by atoms with Crippen LogP contribution in [0.25, 0.3) is 0 Å². The van der Waals surface area contributed by atoms with Gasteiger partial charge in [0, 0.05) is 6.07 Å². The Kier molecular flexibility index (Phi) is 5.10. The SMILES string of the molecule is CCOc1cc(C)c(NC(=O)CC(=O)OC)cn1. The summed E-state index contributed by atoms with van der Waals surface area (Å²) in [4.78, 5) is 26.4. The van der Waals surface area contributed by atoms with E-state index >= 15 is 0 Å². The lowest BCUT2D eigenvalue weighted by Crippen LogP contribution is -2.18. The van der Waals surface area contributed by atoms with Gasteiger partial charge in [-0.15, -0.1) is 0 Å². The quantitative estimate of drug-likeness (QED) is 0.631. The van der Waals surface area contributed by atoms with E-state index in [1.807, 2.05) is 13.8 Å². The lowest BCUT2D eigenvalue weighted by atomic mass is 10.2. The van der Waals surface area contributed by atoms with Gasteiger partial charge >= 0.3 is 5.97 Å². The fourth-order valence-electron chi connectivity index (χ4n) is 1.29. The molecule has 98 valence electrons. The van der Waals surface area contributed by atoms with Gasteiger partial charge in [-0.1, -0.05) is 0 Å². The molecule has 1 aromatic rings. The number of aromatic nitrogens is 1. The van der Waals surface area contributed by atoms with Gasteiger partial charge in [0.05, 0.1) is 25.6 Å². The third-order valence-electron chi connectivity index (χ3n) is 2.18. The minimum absolute atomic E-state index is 0.316. The van der Waals surface area contributed by atoms with Crippen LogP contribution < -0.4 is 10.1 Å². The third-order valence-corrected chi connectivity index (χ3v) is 2.18. The maximum atomic E-state index is 11.5. The van der Waals surface area contributed by atoms with Crippen LogP contribution in [0.1, 0.15) is 18.9 Å². The minimum atomic E-state index is -0.580. The lowest BCUT2D eigenvalue weighted by molar-refractivity contribution is -0.142. The number of esters is 1. The molecule has 1 rings (SSSR count). The van der Waals surface area contributed by atoms with Gasteiger partial charge in [0.1, 0.15) is 6.42 Å². The number of aryl methyl sites for hydroxylation is 1. The monoisotopic (exact) mass is 252 g/mol. The van der Waals surface area contributed by atoms with E-state index in [1.165, 1.54) is 13.3 Å². The molecule has 1 aromatic heterocycles. The van der Waals surface area contributed by atoms with Crippen LogP contribution in [0.4, 0.5) is 5.69 Å². The lowest BCUT2D eigenvalue weighted by Gasteiger charge is -2.09. The molecule has 1 heterocycles. The molecule has 0 atom stereocenters. The summed E-state index contributed by atoms with van der Waals surface area (Å²) in [7, 11) is 1.24. The number of ether oxygens (including phenoxy) is 2. The summed E-state index contributed by atoms with van der Waals surface area (Å²) in [5.41, 5.74) is 1.36. The molecule has 6 nitrogen and oxygen atoms in total. The molecule has 1 N–H and O–H groups in total. The Labute approximate surface area is 105 Å². The number of pyridine rings is 1. The maximum Gasteiger partial charge on any atom is 0.315 e. The van der Waals surface area contributed by atoms with E-state index in [9.17, 15) is 9.59 Å². The molecule has 18 heavy (non-hydrogen) atoms. The molecule has 0 unspecified atom stereocenters. The van der Waals surface area contributed by atoms with E-state index in [-0.39, 0.29) is 6.42 Å². The van der Waals surface area contributed by atoms with Gasteiger partial charge in [-0.2, -0.15) is 0 Å².